The lowest BCUT2D eigenvalue weighted by molar-refractivity contribution is 0.151. The lowest BCUT2D eigenvalue weighted by Gasteiger charge is -2.32. The number of hydrogen-bond donors (Lipinski definition) is 0. The van der Waals surface area contributed by atoms with E-state index in [9.17, 15) is 0 Å². The molecule has 0 bridgehead atoms. The summed E-state index contributed by atoms with van der Waals surface area (Å²) >= 11 is 0. The predicted octanol–water partition coefficient (Wildman–Crippen LogP) is 3.26. The number of piperazine rings is 1. The van der Waals surface area contributed by atoms with Gasteiger partial charge in [-0.25, -0.2) is 4.98 Å². The van der Waals surface area contributed by atoms with Crippen molar-refractivity contribution >= 4 is 11.0 Å². The Balaban J connectivity index is 1.48. The molecule has 1 aromatic heterocycles. The SMILES string of the molecule is CN1CCN(CCCn2c(Cc3ccccc3)nc3ccccc32)CC1. The first-order valence-corrected chi connectivity index (χ1v) is 9.68. The zero-order valence-electron chi connectivity index (χ0n) is 15.6. The largest absolute Gasteiger partial charge is 0.328 e. The van der Waals surface area contributed by atoms with Crippen LogP contribution in [0.5, 0.6) is 0 Å². The number of hydrogen-bond acceptors (Lipinski definition) is 3. The third-order valence-electron chi connectivity index (χ3n) is 5.39. The summed E-state index contributed by atoms with van der Waals surface area (Å²) in [6.45, 7) is 6.97. The second kappa shape index (κ2) is 8.02. The molecular formula is C22H28N4. The molecular weight excluding hydrogens is 320 g/mol. The molecule has 2 aromatic carbocycles. The molecule has 1 saturated heterocycles. The topological polar surface area (TPSA) is 24.3 Å². The number of fused-ring (bicyclic) bond motifs is 1. The molecule has 2 heterocycles. The lowest BCUT2D eigenvalue weighted by Crippen LogP contribution is -2.44. The van der Waals surface area contributed by atoms with Gasteiger partial charge in [0, 0.05) is 39.1 Å². The van der Waals surface area contributed by atoms with Crippen LogP contribution in [0.1, 0.15) is 17.8 Å². The van der Waals surface area contributed by atoms with Gasteiger partial charge in [0.1, 0.15) is 5.82 Å². The van der Waals surface area contributed by atoms with Gasteiger partial charge in [-0.15, -0.1) is 0 Å². The summed E-state index contributed by atoms with van der Waals surface area (Å²) in [5, 5.41) is 0. The van der Waals surface area contributed by atoms with Crippen molar-refractivity contribution in [2.24, 2.45) is 0 Å². The highest BCUT2D eigenvalue weighted by atomic mass is 15.2. The highest BCUT2D eigenvalue weighted by Crippen LogP contribution is 2.19. The van der Waals surface area contributed by atoms with Crippen molar-refractivity contribution in [3.05, 3.63) is 66.0 Å². The molecule has 0 unspecified atom stereocenters. The zero-order valence-corrected chi connectivity index (χ0v) is 15.6. The van der Waals surface area contributed by atoms with Gasteiger partial charge >= 0.3 is 0 Å². The Morgan fingerprint density at radius 1 is 0.846 bits per heavy atom. The fourth-order valence-electron chi connectivity index (χ4n) is 3.81. The van der Waals surface area contributed by atoms with E-state index in [4.69, 9.17) is 4.98 Å². The third-order valence-corrected chi connectivity index (χ3v) is 5.39. The first kappa shape index (κ1) is 17.3. The molecule has 4 rings (SSSR count). The summed E-state index contributed by atoms with van der Waals surface area (Å²) in [5.74, 6) is 1.18. The Morgan fingerprint density at radius 3 is 2.38 bits per heavy atom. The summed E-state index contributed by atoms with van der Waals surface area (Å²) < 4.78 is 2.43. The van der Waals surface area contributed by atoms with Crippen molar-refractivity contribution < 1.29 is 0 Å². The molecule has 0 N–H and O–H groups in total. The Morgan fingerprint density at radius 2 is 1.58 bits per heavy atom. The van der Waals surface area contributed by atoms with Crippen LogP contribution in [0.4, 0.5) is 0 Å². The molecule has 3 aromatic rings. The summed E-state index contributed by atoms with van der Waals surface area (Å²) in [4.78, 5) is 9.93. The highest BCUT2D eigenvalue weighted by molar-refractivity contribution is 5.76. The van der Waals surface area contributed by atoms with E-state index in [1.165, 1.54) is 56.0 Å². The Hall–Kier alpha value is -2.17. The van der Waals surface area contributed by atoms with Crippen molar-refractivity contribution in [3.63, 3.8) is 0 Å². The van der Waals surface area contributed by atoms with Gasteiger partial charge < -0.3 is 14.4 Å². The van der Waals surface area contributed by atoms with Gasteiger partial charge in [-0.3, -0.25) is 0 Å². The molecule has 136 valence electrons. The smallest absolute Gasteiger partial charge is 0.114 e. The molecule has 4 nitrogen and oxygen atoms in total. The third kappa shape index (κ3) is 3.97. The van der Waals surface area contributed by atoms with E-state index >= 15 is 0 Å². The number of para-hydroxylation sites is 2. The van der Waals surface area contributed by atoms with Gasteiger partial charge in [-0.1, -0.05) is 42.5 Å². The Bertz CT molecular complexity index is 832. The predicted molar refractivity (Wildman–Crippen MR) is 108 cm³/mol. The zero-order chi connectivity index (χ0) is 17.8. The van der Waals surface area contributed by atoms with Crippen molar-refractivity contribution in [2.75, 3.05) is 39.8 Å². The lowest BCUT2D eigenvalue weighted by atomic mass is 10.1. The quantitative estimate of drug-likeness (QED) is 0.683. The Kier molecular flexibility index (Phi) is 5.32. The average molecular weight is 348 g/mol. The molecule has 0 amide bonds. The minimum absolute atomic E-state index is 0.893. The fraction of sp³-hybridized carbons (Fsp3) is 0.409. The van der Waals surface area contributed by atoms with Crippen molar-refractivity contribution in [1.82, 2.24) is 19.4 Å². The summed E-state index contributed by atoms with van der Waals surface area (Å²) in [6.07, 6.45) is 2.07. The van der Waals surface area contributed by atoms with Crippen LogP contribution in [0.3, 0.4) is 0 Å². The molecule has 4 heteroatoms. The van der Waals surface area contributed by atoms with Crippen molar-refractivity contribution in [2.45, 2.75) is 19.4 Å². The maximum atomic E-state index is 4.93. The molecule has 1 aliphatic rings. The van der Waals surface area contributed by atoms with Gasteiger partial charge in [0.05, 0.1) is 11.0 Å². The normalized spacial score (nSPS) is 16.3. The van der Waals surface area contributed by atoms with Crippen LogP contribution in [0.2, 0.25) is 0 Å². The van der Waals surface area contributed by atoms with Crippen LogP contribution < -0.4 is 0 Å². The molecule has 0 saturated carbocycles. The maximum Gasteiger partial charge on any atom is 0.114 e. The monoisotopic (exact) mass is 348 g/mol. The van der Waals surface area contributed by atoms with Crippen LogP contribution >= 0.6 is 0 Å². The van der Waals surface area contributed by atoms with Gasteiger partial charge in [0.15, 0.2) is 0 Å². The number of nitrogens with zero attached hydrogens (tertiary/aromatic N) is 4. The van der Waals surface area contributed by atoms with Gasteiger partial charge in [-0.05, 0) is 37.7 Å². The van der Waals surface area contributed by atoms with Crippen molar-refractivity contribution in [3.8, 4) is 0 Å². The maximum absolute atomic E-state index is 4.93. The minimum Gasteiger partial charge on any atom is -0.328 e. The van der Waals surface area contributed by atoms with Crippen LogP contribution in [-0.2, 0) is 13.0 Å². The molecule has 0 radical (unpaired) electrons. The molecule has 0 spiro atoms. The van der Waals surface area contributed by atoms with E-state index in [1.807, 2.05) is 0 Å². The number of benzene rings is 2. The van der Waals surface area contributed by atoms with Crippen molar-refractivity contribution in [1.29, 1.82) is 0 Å². The Labute approximate surface area is 156 Å². The number of rotatable bonds is 6. The average Bonchev–Trinajstić information content (AvgIpc) is 3.01. The number of aromatic nitrogens is 2. The summed E-state index contributed by atoms with van der Waals surface area (Å²) in [5.41, 5.74) is 3.69. The van der Waals surface area contributed by atoms with E-state index < -0.39 is 0 Å². The van der Waals surface area contributed by atoms with E-state index in [0.29, 0.717) is 0 Å². The van der Waals surface area contributed by atoms with Gasteiger partial charge in [-0.2, -0.15) is 0 Å². The fourth-order valence-corrected chi connectivity index (χ4v) is 3.81. The first-order chi connectivity index (χ1) is 12.8. The number of imidazole rings is 1. The number of aryl methyl sites for hydroxylation is 1. The van der Waals surface area contributed by atoms with Gasteiger partial charge in [0.25, 0.3) is 0 Å². The molecule has 0 atom stereocenters. The highest BCUT2D eigenvalue weighted by Gasteiger charge is 2.14. The molecule has 0 aliphatic carbocycles. The van der Waals surface area contributed by atoms with E-state index in [0.717, 1.165) is 18.5 Å². The standard InChI is InChI=1S/C22H28N4/c1-24-14-16-25(17-15-24)12-7-13-26-21-11-6-5-10-20(21)23-22(26)18-19-8-3-2-4-9-19/h2-6,8-11H,7,12-18H2,1H3. The molecule has 1 fully saturated rings. The van der Waals surface area contributed by atoms with Crippen LogP contribution in [0, 0.1) is 0 Å². The number of likely N-dealkylation sites (N-methyl/N-ethyl adjacent to an activating group) is 1. The second-order valence-corrected chi connectivity index (χ2v) is 7.33. The molecule has 26 heavy (non-hydrogen) atoms. The van der Waals surface area contributed by atoms with Crippen LogP contribution in [-0.4, -0.2) is 59.1 Å². The van der Waals surface area contributed by atoms with E-state index in [-0.39, 0.29) is 0 Å². The van der Waals surface area contributed by atoms with Gasteiger partial charge in [0.2, 0.25) is 0 Å². The second-order valence-electron chi connectivity index (χ2n) is 7.33. The summed E-state index contributed by atoms with van der Waals surface area (Å²) in [6, 6.07) is 19.2. The first-order valence-electron chi connectivity index (χ1n) is 9.68. The van der Waals surface area contributed by atoms with E-state index in [2.05, 4.69) is 76.0 Å². The summed E-state index contributed by atoms with van der Waals surface area (Å²) in [7, 11) is 2.21. The molecule has 1 aliphatic heterocycles. The minimum atomic E-state index is 0.893. The van der Waals surface area contributed by atoms with Crippen LogP contribution in [0.15, 0.2) is 54.6 Å². The van der Waals surface area contributed by atoms with E-state index in [1.54, 1.807) is 0 Å². The van der Waals surface area contributed by atoms with Crippen LogP contribution in [0.25, 0.3) is 11.0 Å².